The van der Waals surface area contributed by atoms with Gasteiger partial charge in [0.25, 0.3) is 0 Å². The summed E-state index contributed by atoms with van der Waals surface area (Å²) in [4.78, 5) is 12.4. The summed E-state index contributed by atoms with van der Waals surface area (Å²) >= 11 is 0. The van der Waals surface area contributed by atoms with Gasteiger partial charge in [0.2, 0.25) is 0 Å². The fraction of sp³-hybridized carbons (Fsp3) is 0.421. The quantitative estimate of drug-likeness (QED) is 0.617. The predicted molar refractivity (Wildman–Crippen MR) is 101 cm³/mol. The molecule has 154 valence electrons. The highest BCUT2D eigenvalue weighted by atomic mass is 19.1. The van der Waals surface area contributed by atoms with Crippen molar-refractivity contribution < 1.29 is 18.3 Å². The topological polar surface area (TPSA) is 87.4 Å². The number of aromatic nitrogens is 4. The molecule has 0 spiro atoms. The molecular formula is C19H21F3N6O. The van der Waals surface area contributed by atoms with Crippen LogP contribution in [0.4, 0.5) is 19.0 Å². The van der Waals surface area contributed by atoms with Crippen molar-refractivity contribution in [2.45, 2.75) is 38.1 Å². The van der Waals surface area contributed by atoms with Crippen LogP contribution in [0, 0.1) is 11.6 Å². The molecule has 0 bridgehead atoms. The van der Waals surface area contributed by atoms with Crippen LogP contribution in [0.25, 0.3) is 17.0 Å². The Labute approximate surface area is 165 Å². The third kappa shape index (κ3) is 3.77. The van der Waals surface area contributed by atoms with Crippen LogP contribution in [0.3, 0.4) is 0 Å². The lowest BCUT2D eigenvalue weighted by Crippen LogP contribution is -2.46. The zero-order valence-electron chi connectivity index (χ0n) is 16.0. The Balaban J connectivity index is 1.77. The van der Waals surface area contributed by atoms with E-state index < -0.39 is 29.4 Å². The molecule has 1 aliphatic heterocycles. The molecule has 0 aromatic carbocycles. The first kappa shape index (κ1) is 19.6. The fourth-order valence-electron chi connectivity index (χ4n) is 3.27. The van der Waals surface area contributed by atoms with Gasteiger partial charge < -0.3 is 15.7 Å². The average Bonchev–Trinajstić information content (AvgIpc) is 3.08. The number of imidazole rings is 1. The van der Waals surface area contributed by atoms with Crippen LogP contribution in [-0.4, -0.2) is 49.8 Å². The summed E-state index contributed by atoms with van der Waals surface area (Å²) in [6.45, 7) is 4.00. The number of fused-ring (bicyclic) bond motifs is 1. The maximum absolute atomic E-state index is 14.6. The molecule has 4 heterocycles. The van der Waals surface area contributed by atoms with Crippen molar-refractivity contribution in [3.05, 3.63) is 42.0 Å². The normalized spacial score (nSPS) is 20.2. The van der Waals surface area contributed by atoms with E-state index in [4.69, 9.17) is 0 Å². The number of anilines is 1. The van der Waals surface area contributed by atoms with Crippen molar-refractivity contribution >= 4 is 11.5 Å². The van der Waals surface area contributed by atoms with Crippen molar-refractivity contribution in [3.8, 4) is 11.4 Å². The number of aliphatic hydroxyl groups is 1. The number of pyridine rings is 1. The number of rotatable bonds is 4. The Bertz CT molecular complexity index is 1050. The van der Waals surface area contributed by atoms with Crippen molar-refractivity contribution in [2.75, 3.05) is 18.4 Å². The van der Waals surface area contributed by atoms with E-state index in [1.807, 2.05) is 0 Å². The first-order chi connectivity index (χ1) is 13.7. The van der Waals surface area contributed by atoms with E-state index in [2.05, 4.69) is 25.6 Å². The van der Waals surface area contributed by atoms with Crippen LogP contribution in [0.2, 0.25) is 0 Å². The smallest absolute Gasteiger partial charge is 0.168 e. The molecule has 3 aromatic rings. The summed E-state index contributed by atoms with van der Waals surface area (Å²) in [6, 6.07) is 0.0447. The van der Waals surface area contributed by atoms with E-state index in [-0.39, 0.29) is 17.2 Å². The highest BCUT2D eigenvalue weighted by Crippen LogP contribution is 2.28. The molecule has 1 fully saturated rings. The van der Waals surface area contributed by atoms with Gasteiger partial charge >= 0.3 is 0 Å². The van der Waals surface area contributed by atoms with Gasteiger partial charge in [-0.25, -0.2) is 23.1 Å². The molecule has 3 N–H and O–H groups in total. The van der Waals surface area contributed by atoms with Crippen LogP contribution < -0.4 is 10.6 Å². The van der Waals surface area contributed by atoms with Crippen molar-refractivity contribution in [2.24, 2.45) is 0 Å². The minimum atomic E-state index is -1.22. The first-order valence-corrected chi connectivity index (χ1v) is 9.28. The van der Waals surface area contributed by atoms with Gasteiger partial charge in [-0.05, 0) is 26.8 Å². The van der Waals surface area contributed by atoms with Gasteiger partial charge in [0.05, 0.1) is 29.8 Å². The molecule has 1 aliphatic rings. The Hall–Kier alpha value is -2.72. The largest absolute Gasteiger partial charge is 0.384 e. The monoisotopic (exact) mass is 406 g/mol. The van der Waals surface area contributed by atoms with Crippen LogP contribution >= 0.6 is 0 Å². The Kier molecular flexibility index (Phi) is 4.91. The predicted octanol–water partition coefficient (Wildman–Crippen LogP) is 2.41. The number of alkyl halides is 1. The third-order valence-corrected chi connectivity index (χ3v) is 4.91. The molecule has 10 heteroatoms. The second-order valence-corrected chi connectivity index (χ2v) is 7.61. The molecule has 1 saturated heterocycles. The molecule has 29 heavy (non-hydrogen) atoms. The Morgan fingerprint density at radius 2 is 2.03 bits per heavy atom. The zero-order chi connectivity index (χ0) is 20.8. The van der Waals surface area contributed by atoms with E-state index in [1.165, 1.54) is 23.0 Å². The van der Waals surface area contributed by atoms with Gasteiger partial charge in [-0.15, -0.1) is 0 Å². The summed E-state index contributed by atoms with van der Waals surface area (Å²) in [5.74, 6) is -2.02. The van der Waals surface area contributed by atoms with Gasteiger partial charge in [-0.3, -0.25) is 9.38 Å². The summed E-state index contributed by atoms with van der Waals surface area (Å²) < 4.78 is 44.5. The van der Waals surface area contributed by atoms with Gasteiger partial charge in [-0.1, -0.05) is 0 Å². The highest BCUT2D eigenvalue weighted by Gasteiger charge is 2.27. The number of nitrogens with one attached hydrogen (secondary N) is 2. The van der Waals surface area contributed by atoms with E-state index in [1.54, 1.807) is 13.8 Å². The number of hydrogen-bond acceptors (Lipinski definition) is 6. The second-order valence-electron chi connectivity index (χ2n) is 7.61. The number of halogens is 3. The summed E-state index contributed by atoms with van der Waals surface area (Å²) in [7, 11) is 0. The molecule has 0 aliphatic carbocycles. The number of hydrogen-bond donors (Lipinski definition) is 3. The van der Waals surface area contributed by atoms with Crippen LogP contribution in [0.5, 0.6) is 0 Å². The molecule has 2 unspecified atom stereocenters. The fourth-order valence-corrected chi connectivity index (χ4v) is 3.27. The lowest BCUT2D eigenvalue weighted by atomic mass is 10.1. The zero-order valence-corrected chi connectivity index (χ0v) is 16.0. The first-order valence-electron chi connectivity index (χ1n) is 9.28. The van der Waals surface area contributed by atoms with Crippen molar-refractivity contribution in [1.29, 1.82) is 0 Å². The maximum atomic E-state index is 14.6. The standard InChI is InChI=1S/C19H21F3N6O/c1-19(2,29)15-9-28-14(7-25-16(28)8-24-15)17-11(21)5-12(22)18(27-17)26-13-6-23-4-3-10(13)20/h5,7-10,13,23,29H,3-4,6H2,1-2H3,(H,26,27). The van der Waals surface area contributed by atoms with Crippen LogP contribution in [-0.2, 0) is 5.60 Å². The molecule has 7 nitrogen and oxygen atoms in total. The lowest BCUT2D eigenvalue weighted by Gasteiger charge is -2.28. The summed E-state index contributed by atoms with van der Waals surface area (Å²) in [5.41, 5.74) is -0.353. The van der Waals surface area contributed by atoms with Crippen LogP contribution in [0.15, 0.2) is 24.7 Å². The maximum Gasteiger partial charge on any atom is 0.168 e. The molecular weight excluding hydrogens is 385 g/mol. The Morgan fingerprint density at radius 1 is 1.24 bits per heavy atom. The molecule has 2 atom stereocenters. The Morgan fingerprint density at radius 3 is 2.76 bits per heavy atom. The minimum absolute atomic E-state index is 0.145. The second kappa shape index (κ2) is 7.27. The molecule has 3 aromatic heterocycles. The average molecular weight is 406 g/mol. The molecule has 0 saturated carbocycles. The van der Waals surface area contributed by atoms with E-state index in [0.29, 0.717) is 36.9 Å². The minimum Gasteiger partial charge on any atom is -0.384 e. The summed E-state index contributed by atoms with van der Waals surface area (Å²) in [6.07, 6.45) is 3.49. The third-order valence-electron chi connectivity index (χ3n) is 4.91. The molecule has 4 rings (SSSR count). The van der Waals surface area contributed by atoms with Crippen molar-refractivity contribution in [3.63, 3.8) is 0 Å². The van der Waals surface area contributed by atoms with Crippen molar-refractivity contribution in [1.82, 2.24) is 24.7 Å². The molecule has 0 radical (unpaired) electrons. The van der Waals surface area contributed by atoms with E-state index >= 15 is 0 Å². The SMILES string of the molecule is CC(C)(O)c1cn2c(-c3nc(NC4CNCCC4F)c(F)cc3F)cnc2cn1. The lowest BCUT2D eigenvalue weighted by molar-refractivity contribution is 0.0734. The highest BCUT2D eigenvalue weighted by molar-refractivity contribution is 5.62. The van der Waals surface area contributed by atoms with Gasteiger partial charge in [0.15, 0.2) is 23.1 Å². The van der Waals surface area contributed by atoms with Crippen LogP contribution in [0.1, 0.15) is 26.0 Å². The van der Waals surface area contributed by atoms with Gasteiger partial charge in [0, 0.05) is 18.8 Å². The van der Waals surface area contributed by atoms with E-state index in [9.17, 15) is 18.3 Å². The van der Waals surface area contributed by atoms with E-state index in [0.717, 1.165) is 0 Å². The number of nitrogens with zero attached hydrogens (tertiary/aromatic N) is 4. The number of piperidine rings is 1. The molecule has 0 amide bonds. The van der Waals surface area contributed by atoms with Gasteiger partial charge in [-0.2, -0.15) is 0 Å². The summed E-state index contributed by atoms with van der Waals surface area (Å²) in [5, 5.41) is 16.0. The van der Waals surface area contributed by atoms with Gasteiger partial charge in [0.1, 0.15) is 17.5 Å².